The molecule has 0 nitrogen and oxygen atoms in total. The minimum absolute atomic E-state index is 0.0561. The standard InChI is InChI=1S/C19H21F/c1-13(2)18-10-16-7-5-6-8-17(16)11-19(18)15(4)9-14(3)12-20/h5-11,14H,1,12H2,2-4H3/b15-9-. The molecule has 2 aromatic rings. The molecule has 0 bridgehead atoms. The van der Waals surface area contributed by atoms with Crippen LogP contribution in [0, 0.1) is 5.92 Å². The van der Waals surface area contributed by atoms with Gasteiger partial charge >= 0.3 is 0 Å². The number of hydrogen-bond donors (Lipinski definition) is 0. The largest absolute Gasteiger partial charge is 0.250 e. The number of fused-ring (bicyclic) bond motifs is 1. The Kier molecular flexibility index (Phi) is 4.39. The minimum atomic E-state index is -0.326. The van der Waals surface area contributed by atoms with Crippen molar-refractivity contribution in [2.45, 2.75) is 20.8 Å². The van der Waals surface area contributed by atoms with Crippen molar-refractivity contribution >= 4 is 21.9 Å². The Morgan fingerprint density at radius 2 is 1.70 bits per heavy atom. The summed E-state index contributed by atoms with van der Waals surface area (Å²) >= 11 is 0. The lowest BCUT2D eigenvalue weighted by molar-refractivity contribution is 0.430. The van der Waals surface area contributed by atoms with E-state index in [0.29, 0.717) is 0 Å². The van der Waals surface area contributed by atoms with E-state index in [0.717, 1.165) is 22.3 Å². The van der Waals surface area contributed by atoms with E-state index in [1.807, 2.05) is 39.0 Å². The highest BCUT2D eigenvalue weighted by atomic mass is 19.1. The maximum atomic E-state index is 12.7. The van der Waals surface area contributed by atoms with Gasteiger partial charge in [0, 0.05) is 5.92 Å². The van der Waals surface area contributed by atoms with E-state index in [9.17, 15) is 4.39 Å². The molecule has 0 amide bonds. The molecule has 1 heteroatoms. The van der Waals surface area contributed by atoms with Crippen molar-refractivity contribution in [1.82, 2.24) is 0 Å². The summed E-state index contributed by atoms with van der Waals surface area (Å²) in [5.41, 5.74) is 4.44. The molecule has 0 saturated heterocycles. The zero-order chi connectivity index (χ0) is 14.7. The first-order chi connectivity index (χ1) is 9.52. The molecule has 0 aliphatic heterocycles. The fourth-order valence-corrected chi connectivity index (χ4v) is 2.48. The van der Waals surface area contributed by atoms with Gasteiger partial charge in [0.05, 0.1) is 6.67 Å². The number of allylic oxidation sites excluding steroid dienone is 3. The summed E-state index contributed by atoms with van der Waals surface area (Å²) < 4.78 is 12.7. The van der Waals surface area contributed by atoms with E-state index in [4.69, 9.17) is 0 Å². The average Bonchev–Trinajstić information content (AvgIpc) is 2.45. The Balaban J connectivity index is 2.63. The molecule has 2 rings (SSSR count). The van der Waals surface area contributed by atoms with E-state index in [-0.39, 0.29) is 12.6 Å². The molecule has 104 valence electrons. The molecule has 0 saturated carbocycles. The Morgan fingerprint density at radius 1 is 1.15 bits per heavy atom. The van der Waals surface area contributed by atoms with Crippen molar-refractivity contribution in [3.8, 4) is 0 Å². The topological polar surface area (TPSA) is 0 Å². The number of hydrogen-bond acceptors (Lipinski definition) is 0. The average molecular weight is 268 g/mol. The highest BCUT2D eigenvalue weighted by Crippen LogP contribution is 2.30. The third-order valence-electron chi connectivity index (χ3n) is 3.55. The van der Waals surface area contributed by atoms with Gasteiger partial charge in [-0.15, -0.1) is 0 Å². The molecular formula is C19H21F. The highest BCUT2D eigenvalue weighted by Gasteiger charge is 2.08. The first kappa shape index (κ1) is 14.5. The fraction of sp³-hybridized carbons (Fsp3) is 0.263. The number of alkyl halides is 1. The Labute approximate surface area is 120 Å². The molecule has 0 aromatic heterocycles. The monoisotopic (exact) mass is 268 g/mol. The Morgan fingerprint density at radius 3 is 2.20 bits per heavy atom. The van der Waals surface area contributed by atoms with Crippen LogP contribution in [0.15, 0.2) is 49.1 Å². The lowest BCUT2D eigenvalue weighted by Gasteiger charge is -2.13. The fourth-order valence-electron chi connectivity index (χ4n) is 2.48. The van der Waals surface area contributed by atoms with Gasteiger partial charge in [0.25, 0.3) is 0 Å². The minimum Gasteiger partial charge on any atom is -0.250 e. The third kappa shape index (κ3) is 2.98. The molecule has 2 aromatic carbocycles. The molecule has 1 atom stereocenters. The second kappa shape index (κ2) is 6.04. The summed E-state index contributed by atoms with van der Waals surface area (Å²) in [4.78, 5) is 0. The lowest BCUT2D eigenvalue weighted by atomic mass is 9.91. The molecule has 1 unspecified atom stereocenters. The van der Waals surface area contributed by atoms with Crippen LogP contribution in [0.2, 0.25) is 0 Å². The molecule has 0 fully saturated rings. The van der Waals surface area contributed by atoms with Crippen molar-refractivity contribution in [3.63, 3.8) is 0 Å². The predicted octanol–water partition coefficient (Wildman–Crippen LogP) is 5.88. The molecule has 0 aliphatic carbocycles. The lowest BCUT2D eigenvalue weighted by Crippen LogP contribution is -1.95. The first-order valence-electron chi connectivity index (χ1n) is 6.96. The van der Waals surface area contributed by atoms with Gasteiger partial charge in [-0.1, -0.05) is 49.4 Å². The van der Waals surface area contributed by atoms with Crippen LogP contribution in [-0.4, -0.2) is 6.67 Å². The number of halogens is 1. The van der Waals surface area contributed by atoms with Crippen LogP contribution in [0.5, 0.6) is 0 Å². The van der Waals surface area contributed by atoms with Gasteiger partial charge in [-0.25, -0.2) is 0 Å². The summed E-state index contributed by atoms with van der Waals surface area (Å²) in [6, 6.07) is 12.6. The van der Waals surface area contributed by atoms with Crippen LogP contribution in [0.4, 0.5) is 4.39 Å². The van der Waals surface area contributed by atoms with Crippen molar-refractivity contribution < 1.29 is 4.39 Å². The van der Waals surface area contributed by atoms with E-state index in [1.54, 1.807) is 0 Å². The van der Waals surface area contributed by atoms with E-state index in [1.165, 1.54) is 10.8 Å². The Bertz CT molecular complexity index is 665. The predicted molar refractivity (Wildman–Crippen MR) is 87.4 cm³/mol. The zero-order valence-corrected chi connectivity index (χ0v) is 12.4. The number of rotatable bonds is 4. The van der Waals surface area contributed by atoms with Gasteiger partial charge in [-0.05, 0) is 53.5 Å². The summed E-state index contributed by atoms with van der Waals surface area (Å²) in [6.07, 6.45) is 2.00. The van der Waals surface area contributed by atoms with E-state index >= 15 is 0 Å². The second-order valence-electron chi connectivity index (χ2n) is 5.51. The zero-order valence-electron chi connectivity index (χ0n) is 12.4. The molecule has 0 aliphatic rings. The van der Waals surface area contributed by atoms with Crippen molar-refractivity contribution in [2.75, 3.05) is 6.67 Å². The smallest absolute Gasteiger partial charge is 0.0954 e. The number of benzene rings is 2. The van der Waals surface area contributed by atoms with Gasteiger partial charge in [0.2, 0.25) is 0 Å². The molecule has 20 heavy (non-hydrogen) atoms. The van der Waals surface area contributed by atoms with E-state index in [2.05, 4.69) is 30.8 Å². The maximum Gasteiger partial charge on any atom is 0.0954 e. The molecule has 0 spiro atoms. The van der Waals surface area contributed by atoms with Gasteiger partial charge in [-0.3, -0.25) is 4.39 Å². The van der Waals surface area contributed by atoms with Gasteiger partial charge < -0.3 is 0 Å². The summed E-state index contributed by atoms with van der Waals surface area (Å²) in [7, 11) is 0. The molecular weight excluding hydrogens is 247 g/mol. The normalized spacial score (nSPS) is 13.5. The van der Waals surface area contributed by atoms with E-state index < -0.39 is 0 Å². The van der Waals surface area contributed by atoms with Crippen LogP contribution in [-0.2, 0) is 0 Å². The van der Waals surface area contributed by atoms with Crippen molar-refractivity contribution in [2.24, 2.45) is 5.92 Å². The molecule has 0 radical (unpaired) electrons. The summed E-state index contributed by atoms with van der Waals surface area (Å²) in [6.45, 7) is 9.70. The van der Waals surface area contributed by atoms with Gasteiger partial charge in [0.15, 0.2) is 0 Å². The molecule has 0 heterocycles. The van der Waals surface area contributed by atoms with Crippen LogP contribution in [0.25, 0.3) is 21.9 Å². The Hall–Kier alpha value is -1.89. The van der Waals surface area contributed by atoms with Crippen LogP contribution < -0.4 is 0 Å². The van der Waals surface area contributed by atoms with Crippen molar-refractivity contribution in [1.29, 1.82) is 0 Å². The van der Waals surface area contributed by atoms with Crippen LogP contribution >= 0.6 is 0 Å². The third-order valence-corrected chi connectivity index (χ3v) is 3.55. The highest BCUT2D eigenvalue weighted by molar-refractivity contribution is 5.91. The summed E-state index contributed by atoms with van der Waals surface area (Å²) in [5, 5.41) is 2.41. The quantitative estimate of drug-likeness (QED) is 0.649. The van der Waals surface area contributed by atoms with Gasteiger partial charge in [0.1, 0.15) is 0 Å². The first-order valence-corrected chi connectivity index (χ1v) is 6.96. The van der Waals surface area contributed by atoms with Gasteiger partial charge in [-0.2, -0.15) is 0 Å². The maximum absolute atomic E-state index is 12.7. The molecule has 0 N–H and O–H groups in total. The summed E-state index contributed by atoms with van der Waals surface area (Å²) in [5.74, 6) is -0.0561. The second-order valence-corrected chi connectivity index (χ2v) is 5.51. The van der Waals surface area contributed by atoms with Crippen LogP contribution in [0.1, 0.15) is 31.9 Å². The van der Waals surface area contributed by atoms with Crippen molar-refractivity contribution in [3.05, 3.63) is 60.2 Å². The SMILES string of the molecule is C=C(C)c1cc2ccccc2cc1/C(C)=C\C(C)CF. The van der Waals surface area contributed by atoms with Crippen LogP contribution in [0.3, 0.4) is 0 Å².